The van der Waals surface area contributed by atoms with Crippen molar-refractivity contribution in [3.05, 3.63) is 281 Å². The first kappa shape index (κ1) is 85.4. The summed E-state index contributed by atoms with van der Waals surface area (Å²) in [4.78, 5) is 87.7. The van der Waals surface area contributed by atoms with Crippen LogP contribution in [-0.4, -0.2) is 80.3 Å². The Kier molecular flexibility index (Phi) is 38.7. The Morgan fingerprint density at radius 2 is 0.875 bits per heavy atom. The lowest BCUT2D eigenvalue weighted by molar-refractivity contribution is -0.152. The van der Waals surface area contributed by atoms with Crippen LogP contribution < -0.4 is 38.3 Å². The van der Waals surface area contributed by atoms with Crippen LogP contribution in [0.25, 0.3) is 22.3 Å². The summed E-state index contributed by atoms with van der Waals surface area (Å²) in [7, 11) is 0. The molecule has 5 amide bonds. The van der Waals surface area contributed by atoms with Crippen molar-refractivity contribution in [1.82, 2.24) is 25.8 Å². The fourth-order valence-electron chi connectivity index (χ4n) is 7.69. The molecule has 11 aromatic rings. The van der Waals surface area contributed by atoms with Crippen molar-refractivity contribution in [3.63, 3.8) is 0 Å². The number of hydrogen-bond donors (Lipinski definition) is 8. The maximum Gasteiger partial charge on any atom is 0.397 e. The molecule has 23 nitrogen and oxygen atoms in total. The maximum absolute atomic E-state index is 12.3. The van der Waals surface area contributed by atoms with Gasteiger partial charge in [0.1, 0.15) is 0 Å². The fourth-order valence-corrected chi connectivity index (χ4v) is 10.4. The topological polar surface area (TPSA) is 348 Å². The lowest BCUT2D eigenvalue weighted by Crippen LogP contribution is -2.39. The Bertz CT molecular complexity index is 4630. The Labute approximate surface area is 670 Å². The van der Waals surface area contributed by atoms with Crippen LogP contribution in [0.1, 0.15) is 54.9 Å². The van der Waals surface area contributed by atoms with Gasteiger partial charge in [0.2, 0.25) is 0 Å². The summed E-state index contributed by atoms with van der Waals surface area (Å²) < 4.78 is 23.8. The number of hydrogen-bond acceptors (Lipinski definition) is 19. The number of nitrogens with zero attached hydrogens (tertiary/aromatic N) is 3. The van der Waals surface area contributed by atoms with Crippen molar-refractivity contribution in [2.24, 2.45) is 5.84 Å². The summed E-state index contributed by atoms with van der Waals surface area (Å²) in [5.41, 5.74) is 17.7. The minimum Gasteiger partial charge on any atom is -0.459 e. The van der Waals surface area contributed by atoms with Crippen LogP contribution >= 0.6 is 131 Å². The Morgan fingerprint density at radius 3 is 1.27 bits per heavy atom. The van der Waals surface area contributed by atoms with Gasteiger partial charge >= 0.3 is 58.5 Å². The van der Waals surface area contributed by atoms with E-state index in [1.807, 2.05) is 84.9 Å². The van der Waals surface area contributed by atoms with Crippen LogP contribution in [0.4, 0.5) is 28.4 Å². The number of halogens is 7. The van der Waals surface area contributed by atoms with Crippen molar-refractivity contribution in [1.29, 1.82) is 0 Å². The van der Waals surface area contributed by atoms with Crippen molar-refractivity contribution in [3.8, 4) is 22.3 Å². The van der Waals surface area contributed by atoms with Crippen LogP contribution in [0.5, 0.6) is 0 Å². The minimum absolute atomic E-state index is 0. The van der Waals surface area contributed by atoms with E-state index in [4.69, 9.17) is 32.0 Å². The molecule has 32 heteroatoms. The quantitative estimate of drug-likeness (QED) is 0.00451. The number of hydrazine groups is 1. The number of anilines is 5. The van der Waals surface area contributed by atoms with E-state index in [2.05, 4.69) is 232 Å². The molecule has 0 aliphatic heterocycles. The highest BCUT2D eigenvalue weighted by Crippen LogP contribution is 2.30. The number of thioether (sulfide) groups is 1. The average Bonchev–Trinajstić information content (AvgIpc) is 0.880. The SMILES string of the molecule is BrCc1ccccc1-c1ccccc1.CCOC(=O)C(=O)Cl.CCOC(=O)C(=O)Nc1ccc(Br)cc1.NNC(=O)C(=O)Nc1ccc(Br)cc1.Nc1ccc(Br)cc1.O=C(Nc1ccc(Br)cc1)c1n[nH]c(=S)o1.O=C(Nc1ccc(Br)cc1)c1nnc(SCc2ccccc2-c2ccccc2)o1.[HH].[HH].[HH].[HH].[HH].[HH]. The number of alkyl halides is 1. The molecule has 550 valence electrons. The Balaban J connectivity index is 0. The summed E-state index contributed by atoms with van der Waals surface area (Å²) >= 11 is 30.7. The molecule has 2 aromatic heterocycles. The van der Waals surface area contributed by atoms with E-state index in [9.17, 15) is 38.4 Å². The van der Waals surface area contributed by atoms with E-state index in [0.29, 0.717) is 33.7 Å². The number of esters is 2. The molecule has 0 saturated carbocycles. The van der Waals surface area contributed by atoms with Crippen molar-refractivity contribution >= 4 is 206 Å². The number of ether oxygens (including phenoxy) is 2. The van der Waals surface area contributed by atoms with Gasteiger partial charge in [-0.15, -0.1) is 15.3 Å². The van der Waals surface area contributed by atoms with E-state index in [1.54, 1.807) is 92.1 Å². The highest BCUT2D eigenvalue weighted by atomic mass is 79.9. The fraction of sp³-hybridized carbons (Fsp3) is 0.0833. The third kappa shape index (κ3) is 32.2. The van der Waals surface area contributed by atoms with Gasteiger partial charge in [0.25, 0.3) is 10.1 Å². The van der Waals surface area contributed by atoms with Gasteiger partial charge in [0.05, 0.1) is 13.2 Å². The van der Waals surface area contributed by atoms with Gasteiger partial charge in [-0.05, 0) is 192 Å². The molecule has 0 aliphatic rings. The summed E-state index contributed by atoms with van der Waals surface area (Å²) in [5, 5.41) is 24.2. The normalized spacial score (nSPS) is 9.83. The molecule has 9 aromatic carbocycles. The number of nitrogens with one attached hydrogen (secondary N) is 6. The summed E-state index contributed by atoms with van der Waals surface area (Å²) in [6, 6.07) is 73.0. The number of amides is 5. The number of nitrogens with two attached hydrogens (primary N) is 2. The molecular formula is C72H74Br6ClN11O12S2. The molecule has 0 unspecified atom stereocenters. The molecule has 0 fully saturated rings. The second-order valence-corrected chi connectivity index (χ2v) is 26.6. The number of aromatic amines is 1. The third-order valence-corrected chi connectivity index (χ3v) is 16.9. The zero-order valence-corrected chi connectivity index (χ0v) is 66.5. The number of carbonyl (C=O) groups excluding carboxylic acids is 8. The van der Waals surface area contributed by atoms with E-state index >= 15 is 0 Å². The second-order valence-electron chi connectivity index (χ2n) is 19.8. The van der Waals surface area contributed by atoms with Crippen LogP contribution in [0.15, 0.2) is 267 Å². The van der Waals surface area contributed by atoms with Crippen LogP contribution in [-0.2, 0) is 49.3 Å². The minimum atomic E-state index is -1.08. The zero-order valence-electron chi connectivity index (χ0n) is 54.6. The molecule has 0 aliphatic carbocycles. The Hall–Kier alpha value is -9.28. The molecule has 0 spiro atoms. The average molecular weight is 1860 g/mol. The number of carbonyl (C=O) groups is 8. The largest absolute Gasteiger partial charge is 0.459 e. The predicted octanol–water partition coefficient (Wildman–Crippen LogP) is 19.2. The molecule has 0 radical (unpaired) electrons. The highest BCUT2D eigenvalue weighted by Gasteiger charge is 2.18. The standard InChI is InChI=1S/C22H16BrN3O2S.C13H11Br.C10H10BrNO3.C9H6BrN3O2S.C8H8BrN3O2.C6H6BrN.C4H5ClO3.6H2/c23-17-10-12-18(13-11-17)24-20(27)21-25-26-22(28-21)29-14-16-8-4-5-9-19(16)15-6-2-1-3-7-15;14-10-12-8-4-5-9-13(12)11-6-2-1-3-7-11;1-2-15-10(14)9(13)12-8-5-3-7(11)4-6-8;10-5-1-3-6(4-2-5)11-7(14)8-12-13-9(16)15-8;9-5-1-3-6(4-2-5)11-7(13)8(14)12-10;7-5-1-3-6(8)4-2-5;1-2-8-4(7)3(5)6;;;;;;/h1-13H,14H2,(H,24,27);1-9H,10H2;3-6H,2H2,1H3,(H,12,13);1-4H,(H,11,14)(H,13,16);1-4H,10H2,(H,11,13)(H,12,14);1-4H,8H2;2H2,1H3;6*1H. The highest BCUT2D eigenvalue weighted by molar-refractivity contribution is 9.11. The first-order chi connectivity index (χ1) is 50.0. The Morgan fingerprint density at radius 1 is 0.490 bits per heavy atom. The zero-order chi connectivity index (χ0) is 75.8. The van der Waals surface area contributed by atoms with Crippen molar-refractivity contribution < 1.29 is 65.2 Å². The van der Waals surface area contributed by atoms with Gasteiger partial charge in [0, 0.05) is 70.4 Å². The summed E-state index contributed by atoms with van der Waals surface area (Å²) in [6.45, 7) is 3.60. The molecule has 0 saturated heterocycles. The third-order valence-electron chi connectivity index (χ3n) is 12.4. The first-order valence-corrected chi connectivity index (χ1v) is 37.0. The molecule has 2 heterocycles. The van der Waals surface area contributed by atoms with Crippen LogP contribution in [0.2, 0.25) is 0 Å². The van der Waals surface area contributed by atoms with Gasteiger partial charge in [-0.25, -0.2) is 20.5 Å². The molecule has 10 N–H and O–H groups in total. The van der Waals surface area contributed by atoms with Crippen molar-refractivity contribution in [2.45, 2.75) is 30.2 Å². The molecule has 104 heavy (non-hydrogen) atoms. The smallest absolute Gasteiger partial charge is 0.397 e. The molecular weight excluding hydrogens is 1790 g/mol. The first-order valence-electron chi connectivity index (χ1n) is 30.2. The van der Waals surface area contributed by atoms with Crippen LogP contribution in [0.3, 0.4) is 0 Å². The maximum atomic E-state index is 12.3. The van der Waals surface area contributed by atoms with E-state index in [1.165, 1.54) is 28.5 Å². The molecule has 11 rings (SSSR count). The number of aromatic nitrogens is 4. The number of nitrogen functional groups attached to an aromatic ring is 1. The number of rotatable bonds is 15. The predicted molar refractivity (Wildman–Crippen MR) is 439 cm³/mol. The molecule has 0 bridgehead atoms. The van der Waals surface area contributed by atoms with E-state index < -0.39 is 46.7 Å². The molecule has 0 atom stereocenters. The lowest BCUT2D eigenvalue weighted by Gasteiger charge is -2.08. The van der Waals surface area contributed by atoms with Gasteiger partial charge in [0.15, 0.2) is 0 Å². The summed E-state index contributed by atoms with van der Waals surface area (Å²) in [5.74, 6) is 0.0915. The van der Waals surface area contributed by atoms with E-state index in [-0.39, 0.29) is 38.4 Å². The number of H-pyrrole nitrogens is 1. The van der Waals surface area contributed by atoms with Crippen molar-refractivity contribution in [2.75, 3.05) is 40.2 Å². The van der Waals surface area contributed by atoms with Gasteiger partial charge < -0.3 is 45.3 Å². The van der Waals surface area contributed by atoms with E-state index in [0.717, 1.165) is 50.1 Å². The van der Waals surface area contributed by atoms with Crippen LogP contribution in [0, 0.1) is 4.84 Å². The van der Waals surface area contributed by atoms with Gasteiger partial charge in [-0.1, -0.05) is 217 Å². The van der Waals surface area contributed by atoms with Gasteiger partial charge in [-0.3, -0.25) is 34.2 Å². The van der Waals surface area contributed by atoms with Gasteiger partial charge in [-0.2, -0.15) is 0 Å². The lowest BCUT2D eigenvalue weighted by atomic mass is 10.0. The monoisotopic (exact) mass is 1860 g/mol. The second kappa shape index (κ2) is 47.2. The summed E-state index contributed by atoms with van der Waals surface area (Å²) in [6.07, 6.45) is 0. The number of benzene rings is 9.